The van der Waals surface area contributed by atoms with E-state index in [-0.39, 0.29) is 5.75 Å². The highest BCUT2D eigenvalue weighted by Crippen LogP contribution is 2.35. The Kier molecular flexibility index (Phi) is 9.56. The Hall–Kier alpha value is -4.40. The summed E-state index contributed by atoms with van der Waals surface area (Å²) < 4.78 is 45.0. The molecule has 46 heavy (non-hydrogen) atoms. The second kappa shape index (κ2) is 13.9. The van der Waals surface area contributed by atoms with Gasteiger partial charge in [-0.25, -0.2) is 22.4 Å². The van der Waals surface area contributed by atoms with Crippen LogP contribution in [-0.4, -0.2) is 71.3 Å². The predicted molar refractivity (Wildman–Crippen MR) is 182 cm³/mol. The summed E-state index contributed by atoms with van der Waals surface area (Å²) in [5.74, 6) is 2.90. The van der Waals surface area contributed by atoms with E-state index in [2.05, 4.69) is 46.4 Å². The van der Waals surface area contributed by atoms with Crippen molar-refractivity contribution in [3.05, 3.63) is 77.7 Å². The van der Waals surface area contributed by atoms with Crippen molar-refractivity contribution in [2.75, 3.05) is 49.7 Å². The zero-order valence-corrected chi connectivity index (χ0v) is 27.8. The topological polar surface area (TPSA) is 133 Å². The lowest BCUT2D eigenvalue weighted by atomic mass is 10.2. The summed E-state index contributed by atoms with van der Waals surface area (Å²) in [6.45, 7) is 5.32. The van der Waals surface area contributed by atoms with Gasteiger partial charge in [-0.3, -0.25) is 4.90 Å². The third-order valence-electron chi connectivity index (χ3n) is 7.56. The highest BCUT2D eigenvalue weighted by Gasteiger charge is 2.19. The van der Waals surface area contributed by atoms with Crippen molar-refractivity contribution in [1.29, 1.82) is 0 Å². The molecule has 12 nitrogen and oxygen atoms in total. The second-order valence-electron chi connectivity index (χ2n) is 10.6. The number of aromatic nitrogens is 4. The minimum Gasteiger partial charge on any atom is -0.494 e. The SMILES string of the molecule is CCS(=O)(=O)n1cc(Nc2nc(Nc3ccc(Oc4ccnc(OCCN5CCCC5)c4)cc3OC)ncc2Br)c2ccccc21. The standard InChI is InChI=1S/C32H34BrN7O5S/c1-3-46(41,42)40-21-27(24-8-4-5-9-28(24)40)36-31-25(33)20-35-32(38-31)37-26-11-10-22(18-29(26)43-2)45-23-12-13-34-30(19-23)44-17-16-39-14-6-7-15-39/h4-5,8-13,18-21H,3,6-7,14-17H2,1-2H3,(H2,35,36,37,38). The van der Waals surface area contributed by atoms with Gasteiger partial charge in [-0.05, 0) is 73.1 Å². The first-order valence-electron chi connectivity index (χ1n) is 14.9. The molecular weight excluding hydrogens is 674 g/mol. The van der Waals surface area contributed by atoms with Crippen molar-refractivity contribution in [1.82, 2.24) is 23.8 Å². The summed E-state index contributed by atoms with van der Waals surface area (Å²) >= 11 is 3.50. The third kappa shape index (κ3) is 7.19. The highest BCUT2D eigenvalue weighted by molar-refractivity contribution is 9.10. The maximum absolute atomic E-state index is 12.7. The molecule has 2 aromatic carbocycles. The molecule has 0 radical (unpaired) electrons. The number of hydrogen-bond acceptors (Lipinski definition) is 11. The fraction of sp³-hybridized carbons (Fsp3) is 0.281. The van der Waals surface area contributed by atoms with Crippen LogP contribution in [0.15, 0.2) is 77.7 Å². The molecule has 4 heterocycles. The van der Waals surface area contributed by atoms with Gasteiger partial charge >= 0.3 is 0 Å². The smallest absolute Gasteiger partial charge is 0.238 e. The van der Waals surface area contributed by atoms with Gasteiger partial charge in [0, 0.05) is 42.7 Å². The van der Waals surface area contributed by atoms with Gasteiger partial charge in [0.25, 0.3) is 0 Å². The van der Waals surface area contributed by atoms with Gasteiger partial charge in [-0.2, -0.15) is 4.98 Å². The monoisotopic (exact) mass is 707 g/mol. The van der Waals surface area contributed by atoms with E-state index in [4.69, 9.17) is 14.2 Å². The number of nitrogens with one attached hydrogen (secondary N) is 2. The van der Waals surface area contributed by atoms with E-state index in [1.807, 2.05) is 18.2 Å². The molecular formula is C32H34BrN7O5S. The molecule has 0 atom stereocenters. The lowest BCUT2D eigenvalue weighted by Crippen LogP contribution is -2.25. The van der Waals surface area contributed by atoms with Crippen LogP contribution in [0.1, 0.15) is 19.8 Å². The van der Waals surface area contributed by atoms with Crippen LogP contribution in [0.25, 0.3) is 10.9 Å². The molecule has 14 heteroatoms. The second-order valence-corrected chi connectivity index (χ2v) is 13.6. The number of rotatable bonds is 13. The Bertz CT molecular complexity index is 1950. The zero-order chi connectivity index (χ0) is 32.1. The van der Waals surface area contributed by atoms with Gasteiger partial charge in [-0.1, -0.05) is 18.2 Å². The number of methoxy groups -OCH3 is 1. The number of nitrogens with zero attached hydrogens (tertiary/aromatic N) is 5. The van der Waals surface area contributed by atoms with Gasteiger partial charge in [0.15, 0.2) is 0 Å². The van der Waals surface area contributed by atoms with E-state index in [0.29, 0.717) is 62.9 Å². The average molecular weight is 709 g/mol. The quantitative estimate of drug-likeness (QED) is 0.138. The molecule has 2 N–H and O–H groups in total. The van der Waals surface area contributed by atoms with Crippen LogP contribution in [0.5, 0.6) is 23.1 Å². The highest BCUT2D eigenvalue weighted by atomic mass is 79.9. The van der Waals surface area contributed by atoms with E-state index in [1.165, 1.54) is 16.8 Å². The third-order valence-corrected chi connectivity index (χ3v) is 9.77. The van der Waals surface area contributed by atoms with Gasteiger partial charge in [-0.15, -0.1) is 0 Å². The van der Waals surface area contributed by atoms with Gasteiger partial charge in [0.1, 0.15) is 29.7 Å². The van der Waals surface area contributed by atoms with Crippen LogP contribution in [0, 0.1) is 0 Å². The lowest BCUT2D eigenvalue weighted by molar-refractivity contribution is 0.231. The van der Waals surface area contributed by atoms with Crippen molar-refractivity contribution < 1.29 is 22.6 Å². The molecule has 240 valence electrons. The van der Waals surface area contributed by atoms with E-state index >= 15 is 0 Å². The normalized spacial score (nSPS) is 13.5. The van der Waals surface area contributed by atoms with Gasteiger partial charge < -0.3 is 24.8 Å². The number of benzene rings is 2. The Morgan fingerprint density at radius 1 is 0.978 bits per heavy atom. The molecule has 5 aromatic rings. The Balaban J connectivity index is 1.16. The Morgan fingerprint density at radius 2 is 1.78 bits per heavy atom. The molecule has 0 amide bonds. The predicted octanol–water partition coefficient (Wildman–Crippen LogP) is 6.55. The molecule has 1 saturated heterocycles. The number of pyridine rings is 1. The summed E-state index contributed by atoms with van der Waals surface area (Å²) in [5.41, 5.74) is 1.79. The minimum absolute atomic E-state index is 0.0288. The van der Waals surface area contributed by atoms with E-state index in [0.717, 1.165) is 25.0 Å². The maximum atomic E-state index is 12.7. The molecule has 0 saturated carbocycles. The first kappa shape index (κ1) is 31.6. The number of fused-ring (bicyclic) bond motifs is 1. The minimum atomic E-state index is -3.51. The fourth-order valence-corrected chi connectivity index (χ4v) is 6.47. The summed E-state index contributed by atoms with van der Waals surface area (Å²) in [6, 6.07) is 16.2. The number of ether oxygens (including phenoxy) is 3. The zero-order valence-electron chi connectivity index (χ0n) is 25.4. The molecule has 6 rings (SSSR count). The van der Waals surface area contributed by atoms with E-state index < -0.39 is 10.0 Å². The molecule has 3 aromatic heterocycles. The number of likely N-dealkylation sites (tertiary alicyclic amines) is 1. The summed E-state index contributed by atoms with van der Waals surface area (Å²) in [4.78, 5) is 15.7. The molecule has 1 aliphatic rings. The molecule has 1 fully saturated rings. The van der Waals surface area contributed by atoms with Crippen LogP contribution in [0.3, 0.4) is 0 Å². The molecule has 0 aliphatic carbocycles. The van der Waals surface area contributed by atoms with Gasteiger partial charge in [0.2, 0.25) is 21.9 Å². The average Bonchev–Trinajstić information content (AvgIpc) is 3.72. The van der Waals surface area contributed by atoms with Crippen LogP contribution >= 0.6 is 15.9 Å². The first-order chi connectivity index (χ1) is 22.3. The molecule has 0 unspecified atom stereocenters. The Labute approximate surface area is 275 Å². The van der Waals surface area contributed by atoms with Crippen molar-refractivity contribution in [2.24, 2.45) is 0 Å². The summed E-state index contributed by atoms with van der Waals surface area (Å²) in [7, 11) is -1.94. The van der Waals surface area contributed by atoms with E-state index in [1.54, 1.807) is 69.0 Å². The van der Waals surface area contributed by atoms with Crippen molar-refractivity contribution in [3.8, 4) is 23.1 Å². The fourth-order valence-electron chi connectivity index (χ4n) is 5.18. The Morgan fingerprint density at radius 3 is 2.59 bits per heavy atom. The number of hydrogen-bond donors (Lipinski definition) is 2. The summed E-state index contributed by atoms with van der Waals surface area (Å²) in [6.07, 6.45) is 7.33. The van der Waals surface area contributed by atoms with Crippen molar-refractivity contribution >= 4 is 60.0 Å². The first-order valence-corrected chi connectivity index (χ1v) is 17.3. The summed E-state index contributed by atoms with van der Waals surface area (Å²) in [5, 5.41) is 7.20. The number of para-hydroxylation sites is 1. The van der Waals surface area contributed by atoms with Crippen LogP contribution in [-0.2, 0) is 10.0 Å². The maximum Gasteiger partial charge on any atom is 0.238 e. The van der Waals surface area contributed by atoms with Crippen LogP contribution in [0.4, 0.5) is 23.1 Å². The number of halogens is 1. The van der Waals surface area contributed by atoms with Gasteiger partial charge in [0.05, 0.1) is 34.2 Å². The van der Waals surface area contributed by atoms with Crippen molar-refractivity contribution in [3.63, 3.8) is 0 Å². The van der Waals surface area contributed by atoms with Crippen LogP contribution in [0.2, 0.25) is 0 Å². The molecule has 1 aliphatic heterocycles. The molecule has 0 bridgehead atoms. The van der Waals surface area contributed by atoms with E-state index in [9.17, 15) is 8.42 Å². The lowest BCUT2D eigenvalue weighted by Gasteiger charge is -2.15. The van der Waals surface area contributed by atoms with Crippen LogP contribution < -0.4 is 24.8 Å². The molecule has 0 spiro atoms. The number of anilines is 4. The van der Waals surface area contributed by atoms with Crippen molar-refractivity contribution in [2.45, 2.75) is 19.8 Å². The largest absolute Gasteiger partial charge is 0.494 e.